The number of aromatic carboxylic acids is 1. The Morgan fingerprint density at radius 1 is 1.16 bits per heavy atom. The van der Waals surface area contributed by atoms with Crippen LogP contribution in [-0.4, -0.2) is 64.2 Å². The Morgan fingerprint density at radius 3 is 2.42 bits per heavy atom. The van der Waals surface area contributed by atoms with Crippen LogP contribution in [-0.2, 0) is 10.0 Å². The molecule has 10 heteroatoms. The summed E-state index contributed by atoms with van der Waals surface area (Å²) < 4.78 is 33.5. The maximum Gasteiger partial charge on any atom is 0.335 e. The van der Waals surface area contributed by atoms with Crippen LogP contribution < -0.4 is 14.4 Å². The number of piperazine rings is 1. The molecular weight excluding hydrogens is 420 g/mol. The first-order valence-corrected chi connectivity index (χ1v) is 11.2. The fraction of sp³-hybridized carbons (Fsp3) is 0.333. The third-order valence-corrected chi connectivity index (χ3v) is 6.49. The van der Waals surface area contributed by atoms with Gasteiger partial charge in [-0.05, 0) is 42.5 Å². The molecule has 0 saturated carbocycles. The van der Waals surface area contributed by atoms with Crippen molar-refractivity contribution in [2.45, 2.75) is 11.3 Å². The molecule has 0 atom stereocenters. The van der Waals surface area contributed by atoms with E-state index < -0.39 is 16.0 Å². The lowest BCUT2D eigenvalue weighted by molar-refractivity contribution is 0.0697. The van der Waals surface area contributed by atoms with Gasteiger partial charge >= 0.3 is 5.97 Å². The van der Waals surface area contributed by atoms with Gasteiger partial charge in [0.1, 0.15) is 5.75 Å². The predicted molar refractivity (Wildman–Crippen MR) is 116 cm³/mol. The monoisotopic (exact) mass is 444 g/mol. The van der Waals surface area contributed by atoms with Gasteiger partial charge in [0.25, 0.3) is 10.0 Å². The first-order chi connectivity index (χ1) is 14.8. The number of benzene rings is 2. The molecule has 1 fully saturated rings. The van der Waals surface area contributed by atoms with Crippen LogP contribution in [0.2, 0.25) is 0 Å². The molecule has 0 amide bonds. The Morgan fingerprint density at radius 2 is 1.84 bits per heavy atom. The first-order valence-electron chi connectivity index (χ1n) is 9.72. The molecule has 0 unspecified atom stereocenters. The van der Waals surface area contributed by atoms with Crippen molar-refractivity contribution in [3.05, 3.63) is 48.0 Å². The van der Waals surface area contributed by atoms with Crippen molar-refractivity contribution < 1.29 is 23.1 Å². The summed E-state index contributed by atoms with van der Waals surface area (Å²) >= 11 is 0. The molecule has 0 spiro atoms. The number of sulfonamides is 1. The van der Waals surface area contributed by atoms with E-state index in [0.717, 1.165) is 13.1 Å². The summed E-state index contributed by atoms with van der Waals surface area (Å²) in [6.07, 6.45) is 0.459. The van der Waals surface area contributed by atoms with Gasteiger partial charge in [0.2, 0.25) is 0 Å². The number of hydrogen-bond donors (Lipinski definition) is 2. The quantitative estimate of drug-likeness (QED) is 0.635. The molecule has 31 heavy (non-hydrogen) atoms. The van der Waals surface area contributed by atoms with Crippen molar-refractivity contribution in [1.29, 1.82) is 5.26 Å². The number of methoxy groups -OCH3 is 1. The lowest BCUT2D eigenvalue weighted by Crippen LogP contribution is -2.46. The predicted octanol–water partition coefficient (Wildman–Crippen LogP) is 2.23. The molecule has 2 aromatic carbocycles. The summed E-state index contributed by atoms with van der Waals surface area (Å²) in [7, 11) is -2.44. The Hall–Kier alpha value is -3.29. The van der Waals surface area contributed by atoms with E-state index in [1.807, 2.05) is 4.90 Å². The van der Waals surface area contributed by atoms with Crippen LogP contribution in [0, 0.1) is 11.3 Å². The minimum absolute atomic E-state index is 0.0103. The third-order valence-electron chi connectivity index (χ3n) is 5.11. The maximum absolute atomic E-state index is 12.9. The molecule has 0 aromatic heterocycles. The summed E-state index contributed by atoms with van der Waals surface area (Å²) in [5.74, 6) is -0.612. The molecule has 1 aliphatic rings. The summed E-state index contributed by atoms with van der Waals surface area (Å²) in [4.78, 5) is 15.7. The van der Waals surface area contributed by atoms with Crippen LogP contribution in [0.25, 0.3) is 0 Å². The normalized spacial score (nSPS) is 14.6. The van der Waals surface area contributed by atoms with Crippen molar-refractivity contribution >= 4 is 27.4 Å². The fourth-order valence-electron chi connectivity index (χ4n) is 3.41. The van der Waals surface area contributed by atoms with Gasteiger partial charge in [0, 0.05) is 39.1 Å². The molecule has 3 rings (SSSR count). The Labute approximate surface area is 181 Å². The second-order valence-electron chi connectivity index (χ2n) is 7.05. The molecular formula is C21H24N4O5S. The van der Waals surface area contributed by atoms with E-state index in [4.69, 9.17) is 10.00 Å². The van der Waals surface area contributed by atoms with Crippen LogP contribution in [0.1, 0.15) is 16.8 Å². The number of rotatable bonds is 8. The van der Waals surface area contributed by atoms with Crippen molar-refractivity contribution in [2.75, 3.05) is 49.5 Å². The summed E-state index contributed by atoms with van der Waals surface area (Å²) in [5.41, 5.74) is 0.812. The highest BCUT2D eigenvalue weighted by Crippen LogP contribution is 2.31. The summed E-state index contributed by atoms with van der Waals surface area (Å²) in [5, 5.41) is 18.1. The van der Waals surface area contributed by atoms with Gasteiger partial charge in [-0.2, -0.15) is 5.26 Å². The van der Waals surface area contributed by atoms with Crippen molar-refractivity contribution in [3.8, 4) is 11.8 Å². The van der Waals surface area contributed by atoms with Gasteiger partial charge in [-0.3, -0.25) is 9.62 Å². The Kier molecular flexibility index (Phi) is 6.99. The standard InChI is InChI=1S/C21H24N4O5S/c1-30-17-4-6-18(7-5-17)31(28,29)23-19-15-16(21(26)27)3-8-20(19)25-13-11-24(12-14-25)10-2-9-22/h3-8,15,23H,2,10-14H2,1H3,(H,26,27). The highest BCUT2D eigenvalue weighted by Gasteiger charge is 2.23. The summed E-state index contributed by atoms with van der Waals surface area (Å²) in [6, 6.07) is 12.5. The second kappa shape index (κ2) is 9.68. The lowest BCUT2D eigenvalue weighted by Gasteiger charge is -2.36. The Bertz CT molecular complexity index is 1070. The highest BCUT2D eigenvalue weighted by atomic mass is 32.2. The van der Waals surface area contributed by atoms with Gasteiger partial charge in [0.15, 0.2) is 0 Å². The minimum atomic E-state index is -3.94. The zero-order chi connectivity index (χ0) is 22.4. The summed E-state index contributed by atoms with van der Waals surface area (Å²) in [6.45, 7) is 3.42. The number of ether oxygens (including phenoxy) is 1. The molecule has 2 N–H and O–H groups in total. The topological polar surface area (TPSA) is 123 Å². The van der Waals surface area contributed by atoms with E-state index in [2.05, 4.69) is 15.7 Å². The van der Waals surface area contributed by atoms with Gasteiger partial charge < -0.3 is 14.7 Å². The van der Waals surface area contributed by atoms with Crippen LogP contribution >= 0.6 is 0 Å². The van der Waals surface area contributed by atoms with Gasteiger partial charge in [-0.1, -0.05) is 0 Å². The van der Waals surface area contributed by atoms with Crippen LogP contribution in [0.3, 0.4) is 0 Å². The van der Waals surface area contributed by atoms with Crippen molar-refractivity contribution in [3.63, 3.8) is 0 Å². The van der Waals surface area contributed by atoms with Crippen LogP contribution in [0.15, 0.2) is 47.4 Å². The SMILES string of the molecule is COc1ccc(S(=O)(=O)Nc2cc(C(=O)O)ccc2N2CCN(CCC#N)CC2)cc1. The molecule has 1 heterocycles. The van der Waals surface area contributed by atoms with E-state index in [-0.39, 0.29) is 16.1 Å². The molecule has 164 valence electrons. The number of carboxylic acid groups (broad SMARTS) is 1. The zero-order valence-electron chi connectivity index (χ0n) is 17.1. The van der Waals surface area contributed by atoms with Gasteiger partial charge in [0.05, 0.1) is 35.0 Å². The molecule has 1 aliphatic heterocycles. The number of nitrogens with one attached hydrogen (secondary N) is 1. The molecule has 2 aromatic rings. The van der Waals surface area contributed by atoms with E-state index in [1.165, 1.54) is 31.4 Å². The number of hydrogen-bond acceptors (Lipinski definition) is 7. The molecule has 9 nitrogen and oxygen atoms in total. The largest absolute Gasteiger partial charge is 0.497 e. The Balaban J connectivity index is 1.87. The van der Waals surface area contributed by atoms with Crippen LogP contribution in [0.4, 0.5) is 11.4 Å². The lowest BCUT2D eigenvalue weighted by atomic mass is 10.1. The average molecular weight is 445 g/mol. The molecule has 1 saturated heterocycles. The minimum Gasteiger partial charge on any atom is -0.497 e. The number of nitrogens with zero attached hydrogens (tertiary/aromatic N) is 3. The van der Waals surface area contributed by atoms with Gasteiger partial charge in [-0.25, -0.2) is 13.2 Å². The third kappa shape index (κ3) is 5.45. The maximum atomic E-state index is 12.9. The zero-order valence-corrected chi connectivity index (χ0v) is 17.9. The van der Waals surface area contributed by atoms with Crippen molar-refractivity contribution in [2.24, 2.45) is 0 Å². The van der Waals surface area contributed by atoms with E-state index in [1.54, 1.807) is 18.2 Å². The average Bonchev–Trinajstić information content (AvgIpc) is 2.78. The fourth-order valence-corrected chi connectivity index (χ4v) is 4.47. The molecule has 0 bridgehead atoms. The first kappa shape index (κ1) is 22.4. The number of anilines is 2. The number of carbonyl (C=O) groups is 1. The number of nitriles is 1. The second-order valence-corrected chi connectivity index (χ2v) is 8.74. The highest BCUT2D eigenvalue weighted by molar-refractivity contribution is 7.92. The van der Waals surface area contributed by atoms with Crippen LogP contribution in [0.5, 0.6) is 5.75 Å². The molecule has 0 radical (unpaired) electrons. The molecule has 0 aliphatic carbocycles. The smallest absolute Gasteiger partial charge is 0.335 e. The van der Waals surface area contributed by atoms with Crippen molar-refractivity contribution in [1.82, 2.24) is 4.90 Å². The van der Waals surface area contributed by atoms with E-state index >= 15 is 0 Å². The number of carboxylic acids is 1. The van der Waals surface area contributed by atoms with E-state index in [9.17, 15) is 18.3 Å². The van der Waals surface area contributed by atoms with Gasteiger partial charge in [-0.15, -0.1) is 0 Å². The van der Waals surface area contributed by atoms with E-state index in [0.29, 0.717) is 37.5 Å².